The molecule has 0 unspecified atom stereocenters. The molecule has 150 valence electrons. The van der Waals surface area contributed by atoms with E-state index in [1.807, 2.05) is 6.92 Å². The largest absolute Gasteiger partial charge is 0.355 e. The van der Waals surface area contributed by atoms with Crippen LogP contribution in [-0.2, 0) is 19.6 Å². The Kier molecular flexibility index (Phi) is 7.79. The number of rotatable bonds is 8. The average molecular weight is 396 g/mol. The second-order valence-corrected chi connectivity index (χ2v) is 8.87. The highest BCUT2D eigenvalue weighted by Crippen LogP contribution is 2.31. The van der Waals surface area contributed by atoms with Gasteiger partial charge in [0.25, 0.3) is 0 Å². The van der Waals surface area contributed by atoms with Crippen molar-refractivity contribution in [2.45, 2.75) is 38.0 Å². The molecule has 2 rings (SSSR count). The van der Waals surface area contributed by atoms with E-state index in [1.165, 1.54) is 6.92 Å². The Bertz CT molecular complexity index is 737. The van der Waals surface area contributed by atoms with Gasteiger partial charge in [0.1, 0.15) is 0 Å². The molecule has 2 amide bonds. The summed E-state index contributed by atoms with van der Waals surface area (Å²) in [6.07, 6.45) is 1.88. The molecule has 1 fully saturated rings. The Morgan fingerprint density at radius 1 is 1.11 bits per heavy atom. The predicted octanol–water partition coefficient (Wildman–Crippen LogP) is 1.37. The normalized spacial score (nSPS) is 20.8. The Balaban J connectivity index is 1.90. The monoisotopic (exact) mass is 395 g/mol. The van der Waals surface area contributed by atoms with E-state index in [9.17, 15) is 18.0 Å². The van der Waals surface area contributed by atoms with Crippen LogP contribution in [0.2, 0.25) is 0 Å². The lowest BCUT2D eigenvalue weighted by Gasteiger charge is -2.37. The Labute approximate surface area is 161 Å². The molecule has 0 spiro atoms. The zero-order chi connectivity index (χ0) is 19.9. The third-order valence-electron chi connectivity index (χ3n) is 5.03. The van der Waals surface area contributed by atoms with Crippen molar-refractivity contribution in [1.82, 2.24) is 14.9 Å². The third-order valence-corrected chi connectivity index (χ3v) is 6.91. The zero-order valence-corrected chi connectivity index (χ0v) is 16.8. The molecule has 1 heterocycles. The van der Waals surface area contributed by atoms with Gasteiger partial charge < -0.3 is 10.6 Å². The molecule has 27 heavy (non-hydrogen) atoms. The topological polar surface area (TPSA) is 95.6 Å². The fraction of sp³-hybridized carbons (Fsp3) is 0.579. The maximum Gasteiger partial charge on any atom is 0.243 e. The van der Waals surface area contributed by atoms with Crippen LogP contribution in [0.3, 0.4) is 0 Å². The Morgan fingerprint density at radius 3 is 2.41 bits per heavy atom. The van der Waals surface area contributed by atoms with Gasteiger partial charge in [-0.05, 0) is 30.4 Å². The molecule has 2 N–H and O–H groups in total. The molecule has 0 aromatic heterocycles. The number of carbonyl (C=O) groups excluding carboxylic acids is 2. The van der Waals surface area contributed by atoms with E-state index in [1.54, 1.807) is 34.6 Å². The Hall–Kier alpha value is -1.93. The summed E-state index contributed by atoms with van der Waals surface area (Å²) in [5.41, 5.74) is 0. The molecule has 1 aromatic rings. The standard InChI is InChI=1S/C19H29N3O4S/c1-3-16-14-22(27(25,26)18-7-5-4-6-8-18)12-9-17(16)13-19(24)21-11-10-20-15(2)23/h4-8,16-17H,3,9-14H2,1-2H3,(H,20,23)(H,21,24)/t16-,17+/m1/s1. The van der Waals surface area contributed by atoms with Crippen molar-refractivity contribution in [3.05, 3.63) is 30.3 Å². The van der Waals surface area contributed by atoms with Crippen LogP contribution in [0.5, 0.6) is 0 Å². The molecular formula is C19H29N3O4S. The number of carbonyl (C=O) groups is 2. The number of sulfonamides is 1. The average Bonchev–Trinajstić information content (AvgIpc) is 2.66. The van der Waals surface area contributed by atoms with Crippen LogP contribution in [0.1, 0.15) is 33.1 Å². The summed E-state index contributed by atoms with van der Waals surface area (Å²) in [6.45, 7) is 5.15. The highest BCUT2D eigenvalue weighted by Gasteiger charge is 2.35. The number of benzene rings is 1. The summed E-state index contributed by atoms with van der Waals surface area (Å²) >= 11 is 0. The fourth-order valence-corrected chi connectivity index (χ4v) is 5.02. The number of piperidine rings is 1. The van der Waals surface area contributed by atoms with Gasteiger partial charge in [-0.1, -0.05) is 31.5 Å². The minimum atomic E-state index is -3.49. The van der Waals surface area contributed by atoms with Gasteiger partial charge >= 0.3 is 0 Å². The van der Waals surface area contributed by atoms with Crippen molar-refractivity contribution in [3.63, 3.8) is 0 Å². The van der Waals surface area contributed by atoms with Crippen LogP contribution in [0.15, 0.2) is 35.2 Å². The summed E-state index contributed by atoms with van der Waals surface area (Å²) in [4.78, 5) is 23.3. The predicted molar refractivity (Wildman–Crippen MR) is 103 cm³/mol. The molecule has 1 saturated heterocycles. The maximum absolute atomic E-state index is 12.8. The second kappa shape index (κ2) is 9.85. The van der Waals surface area contributed by atoms with Crippen LogP contribution in [-0.4, -0.2) is 50.7 Å². The molecule has 0 radical (unpaired) electrons. The van der Waals surface area contributed by atoms with E-state index in [0.717, 1.165) is 6.42 Å². The van der Waals surface area contributed by atoms with Gasteiger partial charge in [-0.3, -0.25) is 9.59 Å². The summed E-state index contributed by atoms with van der Waals surface area (Å²) in [5, 5.41) is 5.45. The fourth-order valence-electron chi connectivity index (χ4n) is 3.49. The highest BCUT2D eigenvalue weighted by atomic mass is 32.2. The molecule has 1 aliphatic rings. The van der Waals surface area contributed by atoms with Gasteiger partial charge in [0.2, 0.25) is 21.8 Å². The summed E-state index contributed by atoms with van der Waals surface area (Å²) in [5.74, 6) is 0.141. The first-order valence-electron chi connectivity index (χ1n) is 9.41. The van der Waals surface area contributed by atoms with Gasteiger partial charge in [0.05, 0.1) is 4.90 Å². The van der Waals surface area contributed by atoms with Crippen molar-refractivity contribution in [2.75, 3.05) is 26.2 Å². The van der Waals surface area contributed by atoms with Crippen LogP contribution in [0.25, 0.3) is 0 Å². The lowest BCUT2D eigenvalue weighted by Crippen LogP contribution is -2.45. The summed E-state index contributed by atoms with van der Waals surface area (Å²) in [7, 11) is -3.49. The lowest BCUT2D eigenvalue weighted by atomic mass is 9.82. The number of nitrogens with zero attached hydrogens (tertiary/aromatic N) is 1. The molecule has 0 saturated carbocycles. The van der Waals surface area contributed by atoms with E-state index >= 15 is 0 Å². The molecule has 8 heteroatoms. The number of amides is 2. The smallest absolute Gasteiger partial charge is 0.243 e. The Morgan fingerprint density at radius 2 is 1.78 bits per heavy atom. The first-order chi connectivity index (χ1) is 12.8. The van der Waals surface area contributed by atoms with Crippen molar-refractivity contribution >= 4 is 21.8 Å². The maximum atomic E-state index is 12.8. The van der Waals surface area contributed by atoms with Gasteiger partial charge in [0.15, 0.2) is 0 Å². The zero-order valence-electron chi connectivity index (χ0n) is 16.0. The van der Waals surface area contributed by atoms with Gasteiger partial charge in [0, 0.05) is 39.5 Å². The van der Waals surface area contributed by atoms with Crippen LogP contribution in [0.4, 0.5) is 0 Å². The molecule has 0 bridgehead atoms. The van der Waals surface area contributed by atoms with E-state index in [4.69, 9.17) is 0 Å². The number of hydrogen-bond donors (Lipinski definition) is 2. The van der Waals surface area contributed by atoms with Crippen molar-refractivity contribution in [1.29, 1.82) is 0 Å². The quantitative estimate of drug-likeness (QED) is 0.650. The third kappa shape index (κ3) is 6.04. The van der Waals surface area contributed by atoms with Crippen LogP contribution < -0.4 is 10.6 Å². The first kappa shape index (κ1) is 21.4. The van der Waals surface area contributed by atoms with Crippen LogP contribution >= 0.6 is 0 Å². The molecule has 1 aromatic carbocycles. The van der Waals surface area contributed by atoms with Crippen molar-refractivity contribution in [3.8, 4) is 0 Å². The molecule has 7 nitrogen and oxygen atoms in total. The van der Waals surface area contributed by atoms with Gasteiger partial charge in [-0.25, -0.2) is 8.42 Å². The lowest BCUT2D eigenvalue weighted by molar-refractivity contribution is -0.123. The van der Waals surface area contributed by atoms with Crippen LogP contribution in [0, 0.1) is 11.8 Å². The van der Waals surface area contributed by atoms with Crippen molar-refractivity contribution < 1.29 is 18.0 Å². The van der Waals surface area contributed by atoms with Gasteiger partial charge in [-0.15, -0.1) is 0 Å². The highest BCUT2D eigenvalue weighted by molar-refractivity contribution is 7.89. The SMILES string of the molecule is CC[C@@H]1CN(S(=O)(=O)c2ccccc2)CC[C@H]1CC(=O)NCCNC(C)=O. The number of hydrogen-bond acceptors (Lipinski definition) is 4. The minimum absolute atomic E-state index is 0.0526. The first-order valence-corrected chi connectivity index (χ1v) is 10.8. The molecule has 2 atom stereocenters. The van der Waals surface area contributed by atoms with E-state index < -0.39 is 10.0 Å². The minimum Gasteiger partial charge on any atom is -0.355 e. The van der Waals surface area contributed by atoms with E-state index in [2.05, 4.69) is 10.6 Å². The summed E-state index contributed by atoms with van der Waals surface area (Å²) in [6, 6.07) is 8.48. The molecule has 1 aliphatic heterocycles. The van der Waals surface area contributed by atoms with Crippen molar-refractivity contribution in [2.24, 2.45) is 11.8 Å². The summed E-state index contributed by atoms with van der Waals surface area (Å²) < 4.78 is 27.2. The van der Waals surface area contributed by atoms with Gasteiger partial charge in [-0.2, -0.15) is 4.31 Å². The molecule has 0 aliphatic carbocycles. The molecular weight excluding hydrogens is 366 g/mol. The number of nitrogens with one attached hydrogen (secondary N) is 2. The van der Waals surface area contributed by atoms with E-state index in [-0.39, 0.29) is 23.7 Å². The second-order valence-electron chi connectivity index (χ2n) is 6.93. The van der Waals surface area contributed by atoms with E-state index in [0.29, 0.717) is 43.9 Å².